The van der Waals surface area contributed by atoms with Crippen LogP contribution in [0.2, 0.25) is 0 Å². The van der Waals surface area contributed by atoms with Crippen molar-refractivity contribution >= 4 is 28.4 Å². The third-order valence-corrected chi connectivity index (χ3v) is 5.43. The summed E-state index contributed by atoms with van der Waals surface area (Å²) in [6.07, 6.45) is 1.10. The number of amidine groups is 1. The fourth-order valence-electron chi connectivity index (χ4n) is 2.95. The van der Waals surface area contributed by atoms with Crippen LogP contribution >= 0.6 is 11.8 Å². The van der Waals surface area contributed by atoms with Crippen LogP contribution in [0.5, 0.6) is 0 Å². The van der Waals surface area contributed by atoms with Crippen LogP contribution in [0.4, 0.5) is 5.69 Å². The normalized spacial score (nSPS) is 14.1. The number of Topliss-reactive ketones (excluding diaryl/α,β-unsaturated/α-hetero) is 1. The summed E-state index contributed by atoms with van der Waals surface area (Å²) in [5.41, 5.74) is 5.38. The fraction of sp³-hybridized carbons (Fsp3) is 0.333. The van der Waals surface area contributed by atoms with Crippen LogP contribution in [0, 0.1) is 20.8 Å². The molecule has 130 valence electrons. The molecular weight excluding hydrogens is 328 g/mol. The number of anilines is 1. The van der Waals surface area contributed by atoms with Crippen molar-refractivity contribution in [3.63, 3.8) is 0 Å². The quantitative estimate of drug-likeness (QED) is 0.741. The van der Waals surface area contributed by atoms with Crippen molar-refractivity contribution in [3.05, 3.63) is 64.7 Å². The summed E-state index contributed by atoms with van der Waals surface area (Å²) in [4.78, 5) is 19.6. The van der Waals surface area contributed by atoms with Gasteiger partial charge in [0.2, 0.25) is 0 Å². The van der Waals surface area contributed by atoms with Gasteiger partial charge in [-0.25, -0.2) is 0 Å². The van der Waals surface area contributed by atoms with Gasteiger partial charge in [0.05, 0.1) is 6.54 Å². The second-order valence-corrected chi connectivity index (χ2v) is 7.59. The number of thioether (sulfide) groups is 1. The Kier molecular flexibility index (Phi) is 5.59. The van der Waals surface area contributed by atoms with E-state index in [2.05, 4.69) is 41.9 Å². The highest BCUT2D eigenvalue weighted by Gasteiger charge is 2.21. The molecule has 2 aromatic carbocycles. The number of ketones is 1. The molecule has 0 saturated heterocycles. The van der Waals surface area contributed by atoms with Crippen LogP contribution in [0.3, 0.4) is 0 Å². The molecule has 0 aliphatic carbocycles. The lowest BCUT2D eigenvalue weighted by atomic mass is 10.1. The maximum Gasteiger partial charge on any atom is 0.182 e. The highest BCUT2D eigenvalue weighted by atomic mass is 32.2. The van der Waals surface area contributed by atoms with Crippen molar-refractivity contribution in [2.75, 3.05) is 23.7 Å². The number of aryl methyl sites for hydroxylation is 3. The first-order valence-electron chi connectivity index (χ1n) is 8.66. The Balaban J connectivity index is 1.92. The number of hydrogen-bond donors (Lipinski definition) is 0. The molecule has 0 N–H and O–H groups in total. The summed E-state index contributed by atoms with van der Waals surface area (Å²) in [5.74, 6) is 1.17. The minimum Gasteiger partial charge on any atom is -0.313 e. The van der Waals surface area contributed by atoms with Gasteiger partial charge in [0, 0.05) is 23.5 Å². The van der Waals surface area contributed by atoms with Gasteiger partial charge < -0.3 is 4.90 Å². The molecule has 4 heteroatoms. The minimum atomic E-state index is 0.119. The number of rotatable bonds is 4. The lowest BCUT2D eigenvalue weighted by molar-refractivity contribution is 0.100. The molecule has 3 rings (SSSR count). The molecule has 0 radical (unpaired) electrons. The zero-order valence-corrected chi connectivity index (χ0v) is 15.9. The van der Waals surface area contributed by atoms with Crippen molar-refractivity contribution in [3.8, 4) is 0 Å². The SMILES string of the molecule is Cc1ccc(C(=O)CN(C2=NCCCS2)c2ccc(C)cc2C)cc1. The predicted octanol–water partition coefficient (Wildman–Crippen LogP) is 4.79. The average molecular weight is 353 g/mol. The second-order valence-electron chi connectivity index (χ2n) is 6.53. The van der Waals surface area contributed by atoms with E-state index >= 15 is 0 Å². The molecule has 0 amide bonds. The molecule has 0 aromatic heterocycles. The van der Waals surface area contributed by atoms with Crippen molar-refractivity contribution in [1.29, 1.82) is 0 Å². The second kappa shape index (κ2) is 7.87. The average Bonchev–Trinajstić information content (AvgIpc) is 2.61. The van der Waals surface area contributed by atoms with E-state index in [0.29, 0.717) is 6.54 Å². The van der Waals surface area contributed by atoms with E-state index in [-0.39, 0.29) is 5.78 Å². The highest BCUT2D eigenvalue weighted by molar-refractivity contribution is 8.14. The van der Waals surface area contributed by atoms with E-state index in [1.54, 1.807) is 11.8 Å². The van der Waals surface area contributed by atoms with Gasteiger partial charge in [0.1, 0.15) is 0 Å². The number of carbonyl (C=O) groups excluding carboxylic acids is 1. The Labute approximate surface area is 154 Å². The molecule has 3 nitrogen and oxygen atoms in total. The number of nitrogens with zero attached hydrogens (tertiary/aromatic N) is 2. The summed E-state index contributed by atoms with van der Waals surface area (Å²) in [5, 5.41) is 0.957. The Bertz CT molecular complexity index is 796. The Morgan fingerprint density at radius 3 is 2.44 bits per heavy atom. The zero-order chi connectivity index (χ0) is 17.8. The molecule has 25 heavy (non-hydrogen) atoms. The lowest BCUT2D eigenvalue weighted by Gasteiger charge is -2.28. The van der Waals surface area contributed by atoms with Crippen LogP contribution in [-0.4, -0.2) is 29.8 Å². The highest BCUT2D eigenvalue weighted by Crippen LogP contribution is 2.27. The summed E-state index contributed by atoms with van der Waals surface area (Å²) in [7, 11) is 0. The zero-order valence-electron chi connectivity index (χ0n) is 15.1. The van der Waals surface area contributed by atoms with E-state index in [1.807, 2.05) is 31.2 Å². The summed E-state index contributed by atoms with van der Waals surface area (Å²) >= 11 is 1.74. The third kappa shape index (κ3) is 4.31. The van der Waals surface area contributed by atoms with Crippen molar-refractivity contribution in [2.24, 2.45) is 4.99 Å². The molecule has 0 spiro atoms. The molecule has 1 aliphatic rings. The molecule has 1 aliphatic heterocycles. The van der Waals surface area contributed by atoms with E-state index in [4.69, 9.17) is 0 Å². The van der Waals surface area contributed by atoms with Gasteiger partial charge in [0.15, 0.2) is 11.0 Å². The molecule has 0 fully saturated rings. The van der Waals surface area contributed by atoms with Crippen molar-refractivity contribution in [2.45, 2.75) is 27.2 Å². The smallest absolute Gasteiger partial charge is 0.182 e. The maximum atomic E-state index is 12.9. The first-order valence-corrected chi connectivity index (χ1v) is 9.65. The molecule has 0 saturated carbocycles. The largest absolute Gasteiger partial charge is 0.313 e. The van der Waals surface area contributed by atoms with Gasteiger partial charge in [-0.05, 0) is 38.8 Å². The Morgan fingerprint density at radius 2 is 1.80 bits per heavy atom. The van der Waals surface area contributed by atoms with Gasteiger partial charge in [-0.15, -0.1) is 0 Å². The summed E-state index contributed by atoms with van der Waals surface area (Å²) in [6, 6.07) is 14.2. The monoisotopic (exact) mass is 352 g/mol. The number of aliphatic imine (C=N–C) groups is 1. The van der Waals surface area contributed by atoms with Crippen LogP contribution < -0.4 is 4.90 Å². The summed E-state index contributed by atoms with van der Waals surface area (Å²) in [6.45, 7) is 7.37. The first-order chi connectivity index (χ1) is 12.0. The van der Waals surface area contributed by atoms with Gasteiger partial charge in [-0.1, -0.05) is 59.3 Å². The first kappa shape index (κ1) is 17.7. The summed E-state index contributed by atoms with van der Waals surface area (Å²) < 4.78 is 0. The maximum absolute atomic E-state index is 12.9. The molecule has 0 unspecified atom stereocenters. The van der Waals surface area contributed by atoms with Gasteiger partial charge in [-0.3, -0.25) is 9.79 Å². The van der Waals surface area contributed by atoms with Crippen LogP contribution in [0.15, 0.2) is 47.5 Å². The fourth-order valence-corrected chi connectivity index (χ4v) is 3.91. The number of hydrogen-bond acceptors (Lipinski definition) is 4. The van der Waals surface area contributed by atoms with Crippen molar-refractivity contribution in [1.82, 2.24) is 0 Å². The Hall–Kier alpha value is -2.07. The van der Waals surface area contributed by atoms with Crippen LogP contribution in [0.1, 0.15) is 33.5 Å². The standard InChI is InChI=1S/C21H24N2OS/c1-15-5-8-18(9-6-15)20(24)14-23(21-22-11-4-12-25-21)19-10-7-16(2)13-17(19)3/h5-10,13H,4,11-12,14H2,1-3H3. The molecule has 0 bridgehead atoms. The number of benzene rings is 2. The number of carbonyl (C=O) groups is 1. The van der Waals surface area contributed by atoms with Gasteiger partial charge in [0.25, 0.3) is 0 Å². The topological polar surface area (TPSA) is 32.7 Å². The van der Waals surface area contributed by atoms with E-state index in [1.165, 1.54) is 11.1 Å². The lowest BCUT2D eigenvalue weighted by Crippen LogP contribution is -2.36. The predicted molar refractivity (Wildman–Crippen MR) is 108 cm³/mol. The minimum absolute atomic E-state index is 0.119. The molecular formula is C21H24N2OS. The van der Waals surface area contributed by atoms with E-state index in [0.717, 1.165) is 40.7 Å². The van der Waals surface area contributed by atoms with Gasteiger partial charge >= 0.3 is 0 Å². The molecule has 1 heterocycles. The molecule has 2 aromatic rings. The van der Waals surface area contributed by atoms with E-state index < -0.39 is 0 Å². The molecule has 0 atom stereocenters. The Morgan fingerprint density at radius 1 is 1.08 bits per heavy atom. The van der Waals surface area contributed by atoms with Crippen LogP contribution in [-0.2, 0) is 0 Å². The van der Waals surface area contributed by atoms with Crippen LogP contribution in [0.25, 0.3) is 0 Å². The van der Waals surface area contributed by atoms with E-state index in [9.17, 15) is 4.79 Å². The van der Waals surface area contributed by atoms with Crippen molar-refractivity contribution < 1.29 is 4.79 Å². The third-order valence-electron chi connectivity index (χ3n) is 4.33. The van der Waals surface area contributed by atoms with Gasteiger partial charge in [-0.2, -0.15) is 0 Å².